The van der Waals surface area contributed by atoms with Crippen LogP contribution in [0.1, 0.15) is 30.9 Å². The van der Waals surface area contributed by atoms with Gasteiger partial charge in [0.1, 0.15) is 11.8 Å². The fourth-order valence-electron chi connectivity index (χ4n) is 4.43. The van der Waals surface area contributed by atoms with Crippen molar-refractivity contribution in [3.05, 3.63) is 94.5 Å². The van der Waals surface area contributed by atoms with Crippen LogP contribution in [0.25, 0.3) is 0 Å². The second kappa shape index (κ2) is 14.9. The maximum atomic E-state index is 13.7. The van der Waals surface area contributed by atoms with Gasteiger partial charge in [-0.15, -0.1) is 0 Å². The molecular formula is C30H36BrN3O5S. The van der Waals surface area contributed by atoms with Crippen LogP contribution in [-0.2, 0) is 32.6 Å². The predicted octanol–water partition coefficient (Wildman–Crippen LogP) is 4.78. The summed E-state index contributed by atoms with van der Waals surface area (Å²) in [6.45, 7) is 2.74. The number of nitrogens with zero attached hydrogens (tertiary/aromatic N) is 2. The Hall–Kier alpha value is -3.37. The van der Waals surface area contributed by atoms with Crippen molar-refractivity contribution in [1.82, 2.24) is 10.2 Å². The third-order valence-electron chi connectivity index (χ3n) is 6.35. The number of carbonyl (C=O) groups excluding carboxylic acids is 2. The number of rotatable bonds is 14. The number of amides is 2. The lowest BCUT2D eigenvalue weighted by atomic mass is 10.0. The third kappa shape index (κ3) is 9.09. The highest BCUT2D eigenvalue weighted by molar-refractivity contribution is 9.10. The van der Waals surface area contributed by atoms with Gasteiger partial charge in [0.2, 0.25) is 21.8 Å². The number of sulfonamides is 1. The van der Waals surface area contributed by atoms with Crippen LogP contribution in [0.4, 0.5) is 5.69 Å². The van der Waals surface area contributed by atoms with E-state index in [1.54, 1.807) is 36.2 Å². The number of benzene rings is 3. The first-order valence-electron chi connectivity index (χ1n) is 13.1. The standard InChI is InChI=1S/C30H36BrN3O5S/c1-4-39-27-17-15-26(16-18-27)34(40(3,37)38)19-9-14-29(35)33(22-24-12-8-13-25(31)20-24)28(30(36)32-2)21-23-10-6-5-7-11-23/h5-8,10-13,15-18,20,28H,4,9,14,19,21-22H2,1-3H3,(H,32,36)/t28-/m1/s1. The summed E-state index contributed by atoms with van der Waals surface area (Å²) in [7, 11) is -2.03. The molecule has 0 heterocycles. The summed E-state index contributed by atoms with van der Waals surface area (Å²) in [4.78, 5) is 28.4. The number of likely N-dealkylation sites (N-methyl/N-ethyl adjacent to an activating group) is 1. The number of carbonyl (C=O) groups is 2. The van der Waals surface area contributed by atoms with Gasteiger partial charge >= 0.3 is 0 Å². The van der Waals surface area contributed by atoms with Gasteiger partial charge in [0.05, 0.1) is 18.6 Å². The fraction of sp³-hybridized carbons (Fsp3) is 0.333. The van der Waals surface area contributed by atoms with Crippen LogP contribution in [0.5, 0.6) is 5.75 Å². The van der Waals surface area contributed by atoms with Gasteiger partial charge in [-0.1, -0.05) is 58.4 Å². The molecule has 0 aliphatic carbocycles. The molecule has 0 saturated carbocycles. The SMILES string of the molecule is CCOc1ccc(N(CCCC(=O)N(Cc2cccc(Br)c2)[C@H](Cc2ccccc2)C(=O)NC)S(C)(=O)=O)cc1. The summed E-state index contributed by atoms with van der Waals surface area (Å²) in [5.74, 6) is 0.153. The van der Waals surface area contributed by atoms with Crippen LogP contribution in [0.15, 0.2) is 83.3 Å². The Bertz CT molecular complexity index is 1370. The molecule has 0 spiro atoms. The third-order valence-corrected chi connectivity index (χ3v) is 8.03. The zero-order valence-corrected chi connectivity index (χ0v) is 25.4. The van der Waals surface area contributed by atoms with Crippen LogP contribution >= 0.6 is 15.9 Å². The molecule has 0 unspecified atom stereocenters. The molecule has 0 saturated heterocycles. The van der Waals surface area contributed by atoms with Crippen LogP contribution in [-0.4, -0.2) is 57.6 Å². The number of hydrogen-bond donors (Lipinski definition) is 1. The van der Waals surface area contributed by atoms with Gasteiger partial charge in [0, 0.05) is 37.5 Å². The fourth-order valence-corrected chi connectivity index (χ4v) is 5.84. The Morgan fingerprint density at radius 2 is 1.65 bits per heavy atom. The zero-order chi connectivity index (χ0) is 29.1. The summed E-state index contributed by atoms with van der Waals surface area (Å²) in [6.07, 6.45) is 1.84. The average molecular weight is 631 g/mol. The largest absolute Gasteiger partial charge is 0.494 e. The summed E-state index contributed by atoms with van der Waals surface area (Å²) in [6, 6.07) is 23.3. The van der Waals surface area contributed by atoms with Crippen molar-refractivity contribution in [3.63, 3.8) is 0 Å². The lowest BCUT2D eigenvalue weighted by Crippen LogP contribution is -2.49. The highest BCUT2D eigenvalue weighted by Gasteiger charge is 2.30. The Balaban J connectivity index is 1.82. The summed E-state index contributed by atoms with van der Waals surface area (Å²) >= 11 is 3.48. The van der Waals surface area contributed by atoms with Gasteiger partial charge in [0.25, 0.3) is 0 Å². The van der Waals surface area contributed by atoms with Crippen molar-refractivity contribution in [1.29, 1.82) is 0 Å². The quantitative estimate of drug-likeness (QED) is 0.277. The van der Waals surface area contributed by atoms with Crippen LogP contribution in [0.2, 0.25) is 0 Å². The average Bonchev–Trinajstić information content (AvgIpc) is 2.93. The lowest BCUT2D eigenvalue weighted by molar-refractivity contribution is -0.141. The Morgan fingerprint density at radius 1 is 0.975 bits per heavy atom. The molecular weight excluding hydrogens is 594 g/mol. The van der Waals surface area contributed by atoms with E-state index in [-0.39, 0.29) is 37.7 Å². The smallest absolute Gasteiger partial charge is 0.242 e. The number of ether oxygens (including phenoxy) is 1. The van der Waals surface area contributed by atoms with E-state index in [0.717, 1.165) is 21.9 Å². The first-order chi connectivity index (χ1) is 19.1. The molecule has 2 amide bonds. The second-order valence-corrected chi connectivity index (χ2v) is 12.2. The van der Waals surface area contributed by atoms with Gasteiger partial charge < -0.3 is 15.0 Å². The van der Waals surface area contributed by atoms with Crippen molar-refractivity contribution in [2.24, 2.45) is 0 Å². The van der Waals surface area contributed by atoms with E-state index in [4.69, 9.17) is 4.74 Å². The molecule has 10 heteroatoms. The van der Waals surface area contributed by atoms with E-state index in [9.17, 15) is 18.0 Å². The summed E-state index contributed by atoms with van der Waals surface area (Å²) in [5.41, 5.74) is 2.30. The van der Waals surface area contributed by atoms with Gasteiger partial charge in [-0.25, -0.2) is 8.42 Å². The van der Waals surface area contributed by atoms with Gasteiger partial charge in [0.15, 0.2) is 0 Å². The van der Waals surface area contributed by atoms with E-state index in [1.807, 2.05) is 61.5 Å². The topological polar surface area (TPSA) is 96.0 Å². The van der Waals surface area contributed by atoms with Gasteiger partial charge in [-0.05, 0) is 60.9 Å². The highest BCUT2D eigenvalue weighted by atomic mass is 79.9. The maximum absolute atomic E-state index is 13.7. The van der Waals surface area contributed by atoms with Gasteiger partial charge in [-0.3, -0.25) is 13.9 Å². The predicted molar refractivity (Wildman–Crippen MR) is 162 cm³/mol. The van der Waals surface area contributed by atoms with Crippen molar-refractivity contribution in [2.45, 2.75) is 38.8 Å². The Morgan fingerprint density at radius 3 is 2.25 bits per heavy atom. The zero-order valence-electron chi connectivity index (χ0n) is 23.0. The minimum atomic E-state index is -3.59. The van der Waals surface area contributed by atoms with Crippen LogP contribution < -0.4 is 14.4 Å². The van der Waals surface area contributed by atoms with E-state index in [1.165, 1.54) is 4.31 Å². The number of anilines is 1. The van der Waals surface area contributed by atoms with Gasteiger partial charge in [-0.2, -0.15) is 0 Å². The molecule has 3 aromatic rings. The second-order valence-electron chi connectivity index (χ2n) is 9.34. The number of hydrogen-bond acceptors (Lipinski definition) is 5. The first kappa shape index (κ1) is 31.2. The normalized spacial score (nSPS) is 11.9. The molecule has 0 aliphatic heterocycles. The molecule has 214 valence electrons. The highest BCUT2D eigenvalue weighted by Crippen LogP contribution is 2.23. The van der Waals surface area contributed by atoms with Crippen molar-refractivity contribution >= 4 is 43.5 Å². The summed E-state index contributed by atoms with van der Waals surface area (Å²) in [5, 5.41) is 2.71. The molecule has 0 fully saturated rings. The van der Waals surface area contributed by atoms with Crippen LogP contribution in [0, 0.1) is 0 Å². The van der Waals surface area contributed by atoms with E-state index >= 15 is 0 Å². The molecule has 1 N–H and O–H groups in total. The van der Waals surface area contributed by atoms with Crippen molar-refractivity contribution < 1.29 is 22.7 Å². The first-order valence-corrected chi connectivity index (χ1v) is 15.8. The molecule has 0 aromatic heterocycles. The Labute approximate surface area is 245 Å². The lowest BCUT2D eigenvalue weighted by Gasteiger charge is -2.31. The molecule has 0 aliphatic rings. The monoisotopic (exact) mass is 629 g/mol. The molecule has 1 atom stereocenters. The molecule has 3 aromatic carbocycles. The van der Waals surface area contributed by atoms with E-state index < -0.39 is 16.1 Å². The molecule has 0 bridgehead atoms. The van der Waals surface area contributed by atoms with Crippen LogP contribution in [0.3, 0.4) is 0 Å². The summed E-state index contributed by atoms with van der Waals surface area (Å²) < 4.78 is 32.8. The van der Waals surface area contributed by atoms with E-state index in [2.05, 4.69) is 21.2 Å². The minimum Gasteiger partial charge on any atom is -0.494 e. The van der Waals surface area contributed by atoms with E-state index in [0.29, 0.717) is 24.5 Å². The molecule has 0 radical (unpaired) electrons. The molecule has 8 nitrogen and oxygen atoms in total. The molecule has 40 heavy (non-hydrogen) atoms. The Kier molecular flexibility index (Phi) is 11.6. The number of halogens is 1. The minimum absolute atomic E-state index is 0.0688. The maximum Gasteiger partial charge on any atom is 0.242 e. The molecule has 3 rings (SSSR count). The number of nitrogens with one attached hydrogen (secondary N) is 1. The van der Waals surface area contributed by atoms with Crippen molar-refractivity contribution in [2.75, 3.05) is 30.8 Å². The van der Waals surface area contributed by atoms with Crippen molar-refractivity contribution in [3.8, 4) is 5.75 Å².